The Balaban J connectivity index is 1.46. The molecule has 6 nitrogen and oxygen atoms in total. The second-order valence-electron chi connectivity index (χ2n) is 5.47. The molecule has 1 N–H and O–H groups in total. The summed E-state index contributed by atoms with van der Waals surface area (Å²) in [5.74, 6) is 0.0596. The molecule has 0 aromatic heterocycles. The molecule has 1 heterocycles. The molecule has 0 spiro atoms. The molecule has 1 atom stereocenters. The van der Waals surface area contributed by atoms with Gasteiger partial charge in [-0.1, -0.05) is 41.4 Å². The molecular weight excluding hydrogens is 381 g/mol. The SMILES string of the molecule is O=C(COC(=O)c1c(Cl)cccc1Cl)NC[C@@H]1COc2ccccc2O1. The van der Waals surface area contributed by atoms with Gasteiger partial charge in [-0.2, -0.15) is 0 Å². The molecule has 136 valence electrons. The maximum absolute atomic E-state index is 12.0. The van der Waals surface area contributed by atoms with Gasteiger partial charge in [-0.25, -0.2) is 4.79 Å². The Hall–Kier alpha value is -2.44. The highest BCUT2D eigenvalue weighted by molar-refractivity contribution is 6.39. The van der Waals surface area contributed by atoms with Crippen LogP contribution in [0.5, 0.6) is 11.5 Å². The fourth-order valence-corrected chi connectivity index (χ4v) is 2.89. The lowest BCUT2D eigenvalue weighted by Gasteiger charge is -2.26. The lowest BCUT2D eigenvalue weighted by Crippen LogP contribution is -2.42. The Kier molecular flexibility index (Phi) is 5.85. The Morgan fingerprint density at radius 2 is 1.77 bits per heavy atom. The first kappa shape index (κ1) is 18.4. The van der Waals surface area contributed by atoms with E-state index in [4.69, 9.17) is 37.4 Å². The maximum atomic E-state index is 12.0. The number of benzene rings is 2. The van der Waals surface area contributed by atoms with E-state index in [0.717, 1.165) is 0 Å². The Labute approximate surface area is 159 Å². The second kappa shape index (κ2) is 8.29. The molecule has 1 aliphatic heterocycles. The zero-order valence-electron chi connectivity index (χ0n) is 13.5. The predicted molar refractivity (Wildman–Crippen MR) is 96.1 cm³/mol. The zero-order chi connectivity index (χ0) is 18.5. The van der Waals surface area contributed by atoms with Gasteiger partial charge in [0.1, 0.15) is 12.7 Å². The van der Waals surface area contributed by atoms with E-state index in [1.807, 2.05) is 18.2 Å². The summed E-state index contributed by atoms with van der Waals surface area (Å²) in [6.07, 6.45) is -0.331. The second-order valence-corrected chi connectivity index (χ2v) is 6.29. The molecule has 8 heteroatoms. The fourth-order valence-electron chi connectivity index (χ4n) is 2.34. The van der Waals surface area contributed by atoms with Crippen molar-refractivity contribution in [2.24, 2.45) is 0 Å². The van der Waals surface area contributed by atoms with Gasteiger partial charge in [0.2, 0.25) is 0 Å². The summed E-state index contributed by atoms with van der Waals surface area (Å²) >= 11 is 11.9. The molecule has 0 aliphatic carbocycles. The van der Waals surface area contributed by atoms with Crippen LogP contribution in [0.3, 0.4) is 0 Å². The Bertz CT molecular complexity index is 807. The van der Waals surface area contributed by atoms with Crippen LogP contribution in [-0.2, 0) is 9.53 Å². The molecule has 2 aromatic rings. The van der Waals surface area contributed by atoms with Crippen LogP contribution in [0, 0.1) is 0 Å². The van der Waals surface area contributed by atoms with E-state index < -0.39 is 18.5 Å². The number of rotatable bonds is 5. The number of nitrogens with one attached hydrogen (secondary N) is 1. The van der Waals surface area contributed by atoms with Crippen molar-refractivity contribution >= 4 is 35.1 Å². The molecule has 0 saturated carbocycles. The fraction of sp³-hybridized carbons (Fsp3) is 0.222. The van der Waals surface area contributed by atoms with Crippen LogP contribution in [-0.4, -0.2) is 37.7 Å². The van der Waals surface area contributed by atoms with Crippen LogP contribution in [0.4, 0.5) is 0 Å². The maximum Gasteiger partial charge on any atom is 0.341 e. The highest BCUT2D eigenvalue weighted by Crippen LogP contribution is 2.30. The number of hydrogen-bond donors (Lipinski definition) is 1. The largest absolute Gasteiger partial charge is 0.486 e. The van der Waals surface area contributed by atoms with E-state index in [-0.39, 0.29) is 28.3 Å². The standard InChI is InChI=1S/C18H15Cl2NO5/c19-12-4-3-5-13(20)17(12)18(23)25-10-16(22)21-8-11-9-24-14-6-1-2-7-15(14)26-11/h1-7,11H,8-10H2,(H,21,22)/t11-/m1/s1. The first-order valence-electron chi connectivity index (χ1n) is 7.81. The topological polar surface area (TPSA) is 73.9 Å². The number of carbonyl (C=O) groups excluding carboxylic acids is 2. The molecular formula is C18H15Cl2NO5. The molecule has 0 bridgehead atoms. The molecule has 1 amide bonds. The summed E-state index contributed by atoms with van der Waals surface area (Å²) in [7, 11) is 0. The van der Waals surface area contributed by atoms with Crippen molar-refractivity contribution in [1.82, 2.24) is 5.32 Å². The number of para-hydroxylation sites is 2. The van der Waals surface area contributed by atoms with Crippen LogP contribution in [0.1, 0.15) is 10.4 Å². The van der Waals surface area contributed by atoms with Gasteiger partial charge in [0, 0.05) is 0 Å². The Morgan fingerprint density at radius 3 is 2.50 bits per heavy atom. The first-order valence-corrected chi connectivity index (χ1v) is 8.56. The van der Waals surface area contributed by atoms with Crippen molar-refractivity contribution in [3.63, 3.8) is 0 Å². The minimum absolute atomic E-state index is 0.0317. The number of ether oxygens (including phenoxy) is 3. The zero-order valence-corrected chi connectivity index (χ0v) is 15.0. The van der Waals surface area contributed by atoms with Gasteiger partial charge in [0.15, 0.2) is 18.1 Å². The predicted octanol–water partition coefficient (Wildman–Crippen LogP) is 3.11. The van der Waals surface area contributed by atoms with Gasteiger partial charge in [-0.15, -0.1) is 0 Å². The van der Waals surface area contributed by atoms with Crippen LogP contribution in [0.15, 0.2) is 42.5 Å². The quantitative estimate of drug-likeness (QED) is 0.787. The molecule has 0 unspecified atom stereocenters. The summed E-state index contributed by atoms with van der Waals surface area (Å²) in [6, 6.07) is 11.9. The van der Waals surface area contributed by atoms with Crippen molar-refractivity contribution in [1.29, 1.82) is 0 Å². The minimum Gasteiger partial charge on any atom is -0.486 e. The van der Waals surface area contributed by atoms with Crippen LogP contribution >= 0.6 is 23.2 Å². The summed E-state index contributed by atoms with van der Waals surface area (Å²) < 4.78 is 16.2. The third kappa shape index (κ3) is 4.39. The van der Waals surface area contributed by atoms with E-state index in [1.165, 1.54) is 12.1 Å². The van der Waals surface area contributed by atoms with Gasteiger partial charge in [-0.3, -0.25) is 4.79 Å². The number of amides is 1. The normalized spacial score (nSPS) is 15.2. The molecule has 0 fully saturated rings. The van der Waals surface area contributed by atoms with Gasteiger partial charge in [-0.05, 0) is 24.3 Å². The van der Waals surface area contributed by atoms with E-state index in [9.17, 15) is 9.59 Å². The molecule has 1 aliphatic rings. The lowest BCUT2D eigenvalue weighted by molar-refractivity contribution is -0.124. The Morgan fingerprint density at radius 1 is 1.08 bits per heavy atom. The summed E-state index contributed by atoms with van der Waals surface area (Å²) in [4.78, 5) is 23.9. The molecule has 2 aromatic carbocycles. The average molecular weight is 396 g/mol. The molecule has 0 radical (unpaired) electrons. The van der Waals surface area contributed by atoms with Crippen LogP contribution in [0.2, 0.25) is 10.0 Å². The number of esters is 1. The molecule has 26 heavy (non-hydrogen) atoms. The highest BCUT2D eigenvalue weighted by atomic mass is 35.5. The smallest absolute Gasteiger partial charge is 0.341 e. The monoisotopic (exact) mass is 395 g/mol. The summed E-state index contributed by atoms with van der Waals surface area (Å²) in [5, 5.41) is 2.95. The van der Waals surface area contributed by atoms with Crippen molar-refractivity contribution in [2.45, 2.75) is 6.10 Å². The third-order valence-electron chi connectivity index (χ3n) is 3.60. The van der Waals surface area contributed by atoms with Gasteiger partial charge >= 0.3 is 5.97 Å². The van der Waals surface area contributed by atoms with E-state index in [1.54, 1.807) is 12.1 Å². The number of hydrogen-bond acceptors (Lipinski definition) is 5. The third-order valence-corrected chi connectivity index (χ3v) is 4.23. The highest BCUT2D eigenvalue weighted by Gasteiger charge is 2.22. The van der Waals surface area contributed by atoms with Crippen LogP contribution < -0.4 is 14.8 Å². The molecule has 3 rings (SSSR count). The first-order chi connectivity index (χ1) is 12.5. The lowest BCUT2D eigenvalue weighted by atomic mass is 10.2. The number of carbonyl (C=O) groups is 2. The molecule has 0 saturated heterocycles. The van der Waals surface area contributed by atoms with Gasteiger partial charge < -0.3 is 19.5 Å². The van der Waals surface area contributed by atoms with E-state index in [0.29, 0.717) is 18.1 Å². The van der Waals surface area contributed by atoms with Crippen molar-refractivity contribution in [3.8, 4) is 11.5 Å². The minimum atomic E-state index is -0.762. The number of fused-ring (bicyclic) bond motifs is 1. The van der Waals surface area contributed by atoms with Crippen LogP contribution in [0.25, 0.3) is 0 Å². The summed E-state index contributed by atoms with van der Waals surface area (Å²) in [6.45, 7) is 0.0778. The van der Waals surface area contributed by atoms with E-state index >= 15 is 0 Å². The van der Waals surface area contributed by atoms with Gasteiger partial charge in [0.05, 0.1) is 22.2 Å². The summed E-state index contributed by atoms with van der Waals surface area (Å²) in [5.41, 5.74) is 0.0317. The van der Waals surface area contributed by atoms with Crippen molar-refractivity contribution < 1.29 is 23.8 Å². The number of halogens is 2. The van der Waals surface area contributed by atoms with Crippen molar-refractivity contribution in [3.05, 3.63) is 58.1 Å². The van der Waals surface area contributed by atoms with E-state index in [2.05, 4.69) is 5.32 Å². The average Bonchev–Trinajstić information content (AvgIpc) is 2.64. The van der Waals surface area contributed by atoms with Gasteiger partial charge in [0.25, 0.3) is 5.91 Å². The van der Waals surface area contributed by atoms with Crippen molar-refractivity contribution in [2.75, 3.05) is 19.8 Å².